The number of aryl methyl sites for hydroxylation is 1. The van der Waals surface area contributed by atoms with Gasteiger partial charge < -0.3 is 20.1 Å². The van der Waals surface area contributed by atoms with Crippen LogP contribution < -0.4 is 15.2 Å². The lowest BCUT2D eigenvalue weighted by Crippen LogP contribution is -2.27. The van der Waals surface area contributed by atoms with Crippen LogP contribution in [-0.4, -0.2) is 38.1 Å². The van der Waals surface area contributed by atoms with Gasteiger partial charge in [0, 0.05) is 26.6 Å². The van der Waals surface area contributed by atoms with E-state index in [-0.39, 0.29) is 18.4 Å². The number of ether oxygens (including phenoxy) is 2. The number of benzene rings is 1. The van der Waals surface area contributed by atoms with E-state index in [1.807, 2.05) is 19.1 Å². The quantitative estimate of drug-likeness (QED) is 0.892. The summed E-state index contributed by atoms with van der Waals surface area (Å²) in [6.45, 7) is 3.08. The van der Waals surface area contributed by atoms with Gasteiger partial charge in [-0.25, -0.2) is 0 Å². The molecule has 1 aromatic carbocycles. The van der Waals surface area contributed by atoms with Gasteiger partial charge in [0.15, 0.2) is 11.5 Å². The summed E-state index contributed by atoms with van der Waals surface area (Å²) in [4.78, 5) is 13.3. The lowest BCUT2D eigenvalue weighted by molar-refractivity contribution is -0.129. The summed E-state index contributed by atoms with van der Waals surface area (Å²) in [6, 6.07) is 3.48. The molecule has 0 radical (unpaired) electrons. The number of amides is 1. The van der Waals surface area contributed by atoms with Crippen molar-refractivity contribution in [2.75, 3.05) is 27.3 Å². The number of carbonyl (C=O) groups excluding carboxylic acids is 1. The lowest BCUT2D eigenvalue weighted by atomic mass is 9.98. The zero-order chi connectivity index (χ0) is 14.0. The second-order valence-corrected chi connectivity index (χ2v) is 4.95. The first-order valence-corrected chi connectivity index (χ1v) is 6.35. The first-order chi connectivity index (χ1) is 8.99. The van der Waals surface area contributed by atoms with E-state index < -0.39 is 0 Å². The van der Waals surface area contributed by atoms with Crippen LogP contribution in [0, 0.1) is 6.92 Å². The molecule has 5 nitrogen and oxygen atoms in total. The van der Waals surface area contributed by atoms with Crippen LogP contribution in [0.1, 0.15) is 23.6 Å². The maximum atomic E-state index is 11.7. The van der Waals surface area contributed by atoms with Crippen molar-refractivity contribution in [2.45, 2.75) is 19.4 Å². The fourth-order valence-corrected chi connectivity index (χ4v) is 2.09. The Morgan fingerprint density at radius 2 is 1.89 bits per heavy atom. The smallest absolute Gasteiger partial charge is 0.223 e. The van der Waals surface area contributed by atoms with Crippen molar-refractivity contribution in [2.24, 2.45) is 5.73 Å². The summed E-state index contributed by atoms with van der Waals surface area (Å²) >= 11 is 0. The fourth-order valence-electron chi connectivity index (χ4n) is 2.09. The highest BCUT2D eigenvalue weighted by Crippen LogP contribution is 2.35. The van der Waals surface area contributed by atoms with Gasteiger partial charge in [-0.1, -0.05) is 0 Å². The molecule has 2 N–H and O–H groups in total. The van der Waals surface area contributed by atoms with E-state index in [1.165, 1.54) is 0 Å². The van der Waals surface area contributed by atoms with E-state index in [0.29, 0.717) is 19.0 Å². The fraction of sp³-hybridized carbons (Fsp3) is 0.500. The van der Waals surface area contributed by atoms with Gasteiger partial charge in [-0.3, -0.25) is 4.79 Å². The molecule has 1 aromatic rings. The summed E-state index contributed by atoms with van der Waals surface area (Å²) in [7, 11) is 3.46. The maximum Gasteiger partial charge on any atom is 0.223 e. The molecule has 1 aliphatic rings. The Labute approximate surface area is 113 Å². The Hall–Kier alpha value is -1.75. The molecule has 2 rings (SSSR count). The largest absolute Gasteiger partial charge is 0.486 e. The number of hydrogen-bond acceptors (Lipinski definition) is 4. The highest BCUT2D eigenvalue weighted by Gasteiger charge is 2.19. The predicted molar refractivity (Wildman–Crippen MR) is 72.4 cm³/mol. The number of hydrogen-bond donors (Lipinski definition) is 1. The Balaban J connectivity index is 2.22. The van der Waals surface area contributed by atoms with Crippen LogP contribution >= 0.6 is 0 Å². The first-order valence-electron chi connectivity index (χ1n) is 6.35. The SMILES string of the molecule is Cc1cc2c(cc1C(N)CC(=O)N(C)C)OCCO2. The van der Waals surface area contributed by atoms with Crippen LogP contribution in [0.15, 0.2) is 12.1 Å². The summed E-state index contributed by atoms with van der Waals surface area (Å²) in [5.41, 5.74) is 8.07. The minimum absolute atomic E-state index is 0.0155. The highest BCUT2D eigenvalue weighted by molar-refractivity contribution is 5.76. The minimum Gasteiger partial charge on any atom is -0.486 e. The third kappa shape index (κ3) is 2.98. The highest BCUT2D eigenvalue weighted by atomic mass is 16.6. The molecule has 104 valence electrons. The van der Waals surface area contributed by atoms with Crippen molar-refractivity contribution in [3.63, 3.8) is 0 Å². The number of rotatable bonds is 3. The average Bonchev–Trinajstić information content (AvgIpc) is 2.37. The van der Waals surface area contributed by atoms with Gasteiger partial charge in [0.25, 0.3) is 0 Å². The number of fused-ring (bicyclic) bond motifs is 1. The van der Waals surface area contributed by atoms with Crippen LogP contribution in [0.4, 0.5) is 0 Å². The van der Waals surface area contributed by atoms with Crippen LogP contribution in [-0.2, 0) is 4.79 Å². The van der Waals surface area contributed by atoms with Gasteiger partial charge in [-0.2, -0.15) is 0 Å². The molecule has 0 saturated carbocycles. The standard InChI is InChI=1S/C14H20N2O3/c1-9-6-12-13(19-5-4-18-12)7-10(9)11(15)8-14(17)16(2)3/h6-7,11H,4-5,8,15H2,1-3H3. The second kappa shape index (κ2) is 5.48. The summed E-state index contributed by atoms with van der Waals surface area (Å²) in [6.07, 6.45) is 0.285. The van der Waals surface area contributed by atoms with Crippen molar-refractivity contribution in [1.82, 2.24) is 4.90 Å². The van der Waals surface area contributed by atoms with Gasteiger partial charge in [0.2, 0.25) is 5.91 Å². The van der Waals surface area contributed by atoms with Gasteiger partial charge in [-0.05, 0) is 30.2 Å². The Morgan fingerprint density at radius 3 is 2.47 bits per heavy atom. The number of nitrogens with two attached hydrogens (primary N) is 1. The average molecular weight is 264 g/mol. The molecule has 0 bridgehead atoms. The molecule has 0 fully saturated rings. The van der Waals surface area contributed by atoms with Crippen LogP contribution in [0.5, 0.6) is 11.5 Å². The van der Waals surface area contributed by atoms with Crippen molar-refractivity contribution >= 4 is 5.91 Å². The number of nitrogens with zero attached hydrogens (tertiary/aromatic N) is 1. The van der Waals surface area contributed by atoms with E-state index in [1.54, 1.807) is 19.0 Å². The van der Waals surface area contributed by atoms with Gasteiger partial charge in [-0.15, -0.1) is 0 Å². The second-order valence-electron chi connectivity index (χ2n) is 4.95. The maximum absolute atomic E-state index is 11.7. The Kier molecular flexibility index (Phi) is 3.95. The Bertz CT molecular complexity index is 486. The normalized spacial score (nSPS) is 14.9. The van der Waals surface area contributed by atoms with E-state index in [4.69, 9.17) is 15.2 Å². The predicted octanol–water partition coefficient (Wildman–Crippen LogP) is 1.24. The topological polar surface area (TPSA) is 64.8 Å². The zero-order valence-electron chi connectivity index (χ0n) is 11.6. The molecule has 1 atom stereocenters. The molecule has 1 aliphatic heterocycles. The van der Waals surface area contributed by atoms with Crippen molar-refractivity contribution in [3.8, 4) is 11.5 Å². The third-order valence-electron chi connectivity index (χ3n) is 3.22. The van der Waals surface area contributed by atoms with E-state index >= 15 is 0 Å². The third-order valence-corrected chi connectivity index (χ3v) is 3.22. The summed E-state index contributed by atoms with van der Waals surface area (Å²) in [5.74, 6) is 1.47. The first kappa shape index (κ1) is 13.7. The molecule has 0 aliphatic carbocycles. The van der Waals surface area contributed by atoms with Crippen molar-refractivity contribution in [1.29, 1.82) is 0 Å². The molecule has 0 saturated heterocycles. The van der Waals surface area contributed by atoms with Crippen molar-refractivity contribution < 1.29 is 14.3 Å². The van der Waals surface area contributed by atoms with Crippen LogP contribution in [0.3, 0.4) is 0 Å². The van der Waals surface area contributed by atoms with Gasteiger partial charge in [0.1, 0.15) is 13.2 Å². The van der Waals surface area contributed by atoms with Crippen LogP contribution in [0.2, 0.25) is 0 Å². The molecular formula is C14H20N2O3. The summed E-state index contributed by atoms with van der Waals surface area (Å²) < 4.78 is 11.1. The van der Waals surface area contributed by atoms with E-state index in [0.717, 1.165) is 16.9 Å². The van der Waals surface area contributed by atoms with Crippen molar-refractivity contribution in [3.05, 3.63) is 23.3 Å². The molecule has 1 unspecified atom stereocenters. The zero-order valence-corrected chi connectivity index (χ0v) is 11.6. The lowest BCUT2D eigenvalue weighted by Gasteiger charge is -2.23. The molecule has 19 heavy (non-hydrogen) atoms. The van der Waals surface area contributed by atoms with Gasteiger partial charge in [0.05, 0.1) is 0 Å². The van der Waals surface area contributed by atoms with Gasteiger partial charge >= 0.3 is 0 Å². The molecule has 1 amide bonds. The summed E-state index contributed by atoms with van der Waals surface area (Å²) in [5, 5.41) is 0. The minimum atomic E-state index is -0.328. The molecule has 0 aromatic heterocycles. The number of carbonyl (C=O) groups is 1. The van der Waals surface area contributed by atoms with Crippen LogP contribution in [0.25, 0.3) is 0 Å². The molecule has 5 heteroatoms. The molecular weight excluding hydrogens is 244 g/mol. The van der Waals surface area contributed by atoms with E-state index in [9.17, 15) is 4.79 Å². The molecule has 1 heterocycles. The monoisotopic (exact) mass is 264 g/mol. The van der Waals surface area contributed by atoms with E-state index in [2.05, 4.69) is 0 Å². The molecule has 0 spiro atoms. The Morgan fingerprint density at radius 1 is 1.32 bits per heavy atom.